The SMILES string of the molecule is CCc1nn(C)cc1NCC(C(=O)OC)c1ccccc1. The third kappa shape index (κ3) is 3.62. The van der Waals surface area contributed by atoms with Gasteiger partial charge in [-0.15, -0.1) is 0 Å². The van der Waals surface area contributed by atoms with Crippen molar-refractivity contribution in [2.75, 3.05) is 19.0 Å². The highest BCUT2D eigenvalue weighted by molar-refractivity contribution is 5.79. The number of esters is 1. The Kier molecular flexibility index (Phi) is 4.98. The molecule has 0 aliphatic rings. The minimum Gasteiger partial charge on any atom is -0.468 e. The van der Waals surface area contributed by atoms with Crippen molar-refractivity contribution in [3.63, 3.8) is 0 Å². The van der Waals surface area contributed by atoms with Crippen LogP contribution in [0, 0.1) is 0 Å². The van der Waals surface area contributed by atoms with Gasteiger partial charge in [0.25, 0.3) is 0 Å². The van der Waals surface area contributed by atoms with Crippen LogP contribution in [0.15, 0.2) is 36.5 Å². The first-order valence-electron chi connectivity index (χ1n) is 7.04. The van der Waals surface area contributed by atoms with Crippen molar-refractivity contribution in [2.45, 2.75) is 19.3 Å². The maximum absolute atomic E-state index is 12.0. The number of hydrogen-bond acceptors (Lipinski definition) is 4. The molecular weight excluding hydrogens is 266 g/mol. The van der Waals surface area contributed by atoms with Crippen LogP contribution in [-0.2, 0) is 23.0 Å². The first-order valence-corrected chi connectivity index (χ1v) is 7.04. The number of aromatic nitrogens is 2. The van der Waals surface area contributed by atoms with Gasteiger partial charge in [0.05, 0.1) is 24.4 Å². The van der Waals surface area contributed by atoms with E-state index < -0.39 is 0 Å². The van der Waals surface area contributed by atoms with E-state index in [1.807, 2.05) is 43.6 Å². The summed E-state index contributed by atoms with van der Waals surface area (Å²) >= 11 is 0. The fraction of sp³-hybridized carbons (Fsp3) is 0.375. The topological polar surface area (TPSA) is 56.2 Å². The van der Waals surface area contributed by atoms with Crippen LogP contribution in [0.1, 0.15) is 24.1 Å². The maximum Gasteiger partial charge on any atom is 0.314 e. The van der Waals surface area contributed by atoms with Crippen LogP contribution < -0.4 is 5.32 Å². The average Bonchev–Trinajstić information content (AvgIpc) is 2.88. The van der Waals surface area contributed by atoms with E-state index in [-0.39, 0.29) is 11.9 Å². The van der Waals surface area contributed by atoms with E-state index in [4.69, 9.17) is 4.74 Å². The van der Waals surface area contributed by atoms with Gasteiger partial charge in [0.2, 0.25) is 0 Å². The smallest absolute Gasteiger partial charge is 0.314 e. The minimum atomic E-state index is -0.332. The summed E-state index contributed by atoms with van der Waals surface area (Å²) in [5, 5.41) is 7.70. The Hall–Kier alpha value is -2.30. The number of nitrogens with zero attached hydrogens (tertiary/aromatic N) is 2. The standard InChI is InChI=1S/C16H21N3O2/c1-4-14-15(11-19(2)18-14)17-10-13(16(20)21-3)12-8-6-5-7-9-12/h5-9,11,13,17H,4,10H2,1-3H3. The molecule has 2 rings (SSSR count). The second-order valence-corrected chi connectivity index (χ2v) is 4.88. The van der Waals surface area contributed by atoms with E-state index in [2.05, 4.69) is 17.3 Å². The van der Waals surface area contributed by atoms with Gasteiger partial charge in [-0.3, -0.25) is 9.48 Å². The highest BCUT2D eigenvalue weighted by Crippen LogP contribution is 2.20. The van der Waals surface area contributed by atoms with Crippen molar-refractivity contribution in [2.24, 2.45) is 7.05 Å². The van der Waals surface area contributed by atoms with Gasteiger partial charge >= 0.3 is 5.97 Å². The molecule has 1 N–H and O–H groups in total. The number of ether oxygens (including phenoxy) is 1. The molecule has 0 aliphatic carbocycles. The van der Waals surface area contributed by atoms with Crippen LogP contribution in [0.2, 0.25) is 0 Å². The van der Waals surface area contributed by atoms with E-state index in [0.717, 1.165) is 23.4 Å². The number of nitrogens with one attached hydrogen (secondary N) is 1. The Morgan fingerprint density at radius 2 is 2.10 bits per heavy atom. The molecule has 0 radical (unpaired) electrons. The van der Waals surface area contributed by atoms with Crippen molar-refractivity contribution in [3.8, 4) is 0 Å². The number of carbonyl (C=O) groups excluding carboxylic acids is 1. The number of aryl methyl sites for hydroxylation is 2. The zero-order valence-electron chi connectivity index (χ0n) is 12.7. The zero-order valence-corrected chi connectivity index (χ0v) is 12.7. The Morgan fingerprint density at radius 1 is 1.38 bits per heavy atom. The highest BCUT2D eigenvalue weighted by atomic mass is 16.5. The summed E-state index contributed by atoms with van der Waals surface area (Å²) in [4.78, 5) is 12.0. The van der Waals surface area contributed by atoms with E-state index >= 15 is 0 Å². The van der Waals surface area contributed by atoms with E-state index in [1.165, 1.54) is 7.11 Å². The molecule has 0 bridgehead atoms. The van der Waals surface area contributed by atoms with Crippen molar-refractivity contribution >= 4 is 11.7 Å². The van der Waals surface area contributed by atoms with Gasteiger partial charge in [0.15, 0.2) is 0 Å². The average molecular weight is 287 g/mol. The summed E-state index contributed by atoms with van der Waals surface area (Å²) in [5.41, 5.74) is 2.90. The Bertz CT molecular complexity index is 593. The van der Waals surface area contributed by atoms with Crippen LogP contribution in [0.25, 0.3) is 0 Å². The summed E-state index contributed by atoms with van der Waals surface area (Å²) in [7, 11) is 3.30. The molecule has 1 atom stereocenters. The molecule has 0 spiro atoms. The number of methoxy groups -OCH3 is 1. The maximum atomic E-state index is 12.0. The molecular formula is C16H21N3O2. The van der Waals surface area contributed by atoms with Crippen LogP contribution in [-0.4, -0.2) is 29.4 Å². The molecule has 0 saturated heterocycles. The summed E-state index contributed by atoms with van der Waals surface area (Å²) < 4.78 is 6.69. The quantitative estimate of drug-likeness (QED) is 0.829. The van der Waals surface area contributed by atoms with Gasteiger partial charge in [-0.2, -0.15) is 5.10 Å². The number of anilines is 1. The van der Waals surface area contributed by atoms with Crippen LogP contribution >= 0.6 is 0 Å². The Balaban J connectivity index is 2.14. The lowest BCUT2D eigenvalue weighted by Crippen LogP contribution is -2.22. The van der Waals surface area contributed by atoms with Gasteiger partial charge in [0, 0.05) is 19.8 Å². The van der Waals surface area contributed by atoms with Gasteiger partial charge in [-0.05, 0) is 12.0 Å². The first-order chi connectivity index (χ1) is 10.2. The normalized spacial score (nSPS) is 12.0. The van der Waals surface area contributed by atoms with Crippen molar-refractivity contribution in [1.82, 2.24) is 9.78 Å². The molecule has 0 saturated carbocycles. The second kappa shape index (κ2) is 6.92. The molecule has 112 valence electrons. The monoisotopic (exact) mass is 287 g/mol. The lowest BCUT2D eigenvalue weighted by molar-refractivity contribution is -0.142. The fourth-order valence-electron chi connectivity index (χ4n) is 2.32. The molecule has 1 unspecified atom stereocenters. The van der Waals surface area contributed by atoms with Gasteiger partial charge < -0.3 is 10.1 Å². The number of benzene rings is 1. The fourth-order valence-corrected chi connectivity index (χ4v) is 2.32. The first kappa shape index (κ1) is 15.1. The molecule has 2 aromatic rings. The van der Waals surface area contributed by atoms with Gasteiger partial charge in [0.1, 0.15) is 0 Å². The number of rotatable bonds is 6. The molecule has 1 aromatic heterocycles. The molecule has 0 aliphatic heterocycles. The van der Waals surface area contributed by atoms with Crippen molar-refractivity contribution in [1.29, 1.82) is 0 Å². The lowest BCUT2D eigenvalue weighted by Gasteiger charge is -2.16. The number of carbonyl (C=O) groups is 1. The summed E-state index contributed by atoms with van der Waals surface area (Å²) in [6, 6.07) is 9.65. The highest BCUT2D eigenvalue weighted by Gasteiger charge is 2.21. The molecule has 1 heterocycles. The zero-order chi connectivity index (χ0) is 15.2. The van der Waals surface area contributed by atoms with Crippen LogP contribution in [0.5, 0.6) is 0 Å². The van der Waals surface area contributed by atoms with E-state index in [0.29, 0.717) is 6.54 Å². The van der Waals surface area contributed by atoms with E-state index in [9.17, 15) is 4.79 Å². The number of hydrogen-bond donors (Lipinski definition) is 1. The molecule has 5 nitrogen and oxygen atoms in total. The Morgan fingerprint density at radius 3 is 2.71 bits per heavy atom. The molecule has 21 heavy (non-hydrogen) atoms. The predicted octanol–water partition coefficient (Wildman–Crippen LogP) is 2.35. The van der Waals surface area contributed by atoms with E-state index in [1.54, 1.807) is 4.68 Å². The van der Waals surface area contributed by atoms with Gasteiger partial charge in [-0.25, -0.2) is 0 Å². The lowest BCUT2D eigenvalue weighted by atomic mass is 9.99. The minimum absolute atomic E-state index is 0.240. The Labute approximate surface area is 124 Å². The third-order valence-corrected chi connectivity index (χ3v) is 3.42. The molecule has 1 aromatic carbocycles. The second-order valence-electron chi connectivity index (χ2n) is 4.88. The third-order valence-electron chi connectivity index (χ3n) is 3.42. The molecule has 5 heteroatoms. The van der Waals surface area contributed by atoms with Crippen LogP contribution in [0.3, 0.4) is 0 Å². The summed E-state index contributed by atoms with van der Waals surface area (Å²) in [5.74, 6) is -0.572. The van der Waals surface area contributed by atoms with Crippen molar-refractivity contribution < 1.29 is 9.53 Å². The summed E-state index contributed by atoms with van der Waals surface area (Å²) in [6.45, 7) is 2.54. The molecule has 0 fully saturated rings. The van der Waals surface area contributed by atoms with Crippen molar-refractivity contribution in [3.05, 3.63) is 47.8 Å². The van der Waals surface area contributed by atoms with Crippen LogP contribution in [0.4, 0.5) is 5.69 Å². The largest absolute Gasteiger partial charge is 0.468 e. The summed E-state index contributed by atoms with van der Waals surface area (Å²) in [6.07, 6.45) is 2.77. The van der Waals surface area contributed by atoms with Gasteiger partial charge in [-0.1, -0.05) is 37.3 Å². The predicted molar refractivity (Wildman–Crippen MR) is 82.3 cm³/mol. The molecule has 0 amide bonds.